The van der Waals surface area contributed by atoms with Gasteiger partial charge >= 0.3 is 0 Å². The van der Waals surface area contributed by atoms with Crippen LogP contribution in [0.5, 0.6) is 0 Å². The van der Waals surface area contributed by atoms with E-state index in [-0.39, 0.29) is 12.5 Å². The maximum Gasteiger partial charge on any atom is 0.245 e. The van der Waals surface area contributed by atoms with Crippen LogP contribution in [0.1, 0.15) is 19.8 Å². The second kappa shape index (κ2) is 9.30. The summed E-state index contributed by atoms with van der Waals surface area (Å²) < 4.78 is 4.75. The van der Waals surface area contributed by atoms with Gasteiger partial charge in [0.05, 0.1) is 0 Å². The van der Waals surface area contributed by atoms with Crippen LogP contribution in [0.25, 0.3) is 0 Å². The van der Waals surface area contributed by atoms with Crippen LogP contribution in [0, 0.1) is 0 Å². The topological polar surface area (TPSA) is 44.8 Å². The first-order valence-corrected chi connectivity index (χ1v) is 6.96. The zero-order valence-corrected chi connectivity index (χ0v) is 11.8. The number of rotatable bonds is 8. The highest BCUT2D eigenvalue weighted by Crippen LogP contribution is 2.02. The minimum atomic E-state index is -0.0194. The fourth-order valence-corrected chi connectivity index (χ4v) is 2.20. The lowest BCUT2D eigenvalue weighted by Crippen LogP contribution is -2.46. The summed E-state index contributed by atoms with van der Waals surface area (Å²) >= 11 is 0. The molecule has 0 aromatic carbocycles. The van der Waals surface area contributed by atoms with Gasteiger partial charge in [-0.25, -0.2) is 0 Å². The van der Waals surface area contributed by atoms with Crippen LogP contribution in [-0.4, -0.2) is 75.2 Å². The molecule has 5 nitrogen and oxygen atoms in total. The van der Waals surface area contributed by atoms with Gasteiger partial charge in [0.1, 0.15) is 6.61 Å². The van der Waals surface area contributed by atoms with E-state index in [1.54, 1.807) is 0 Å². The Labute approximate surface area is 110 Å². The Morgan fingerprint density at radius 2 is 1.83 bits per heavy atom. The molecule has 1 amide bonds. The molecule has 1 heterocycles. The highest BCUT2D eigenvalue weighted by atomic mass is 16.5. The van der Waals surface area contributed by atoms with E-state index in [4.69, 9.17) is 4.74 Å². The standard InChI is InChI=1S/C13H27N3O2/c1-3-15-8-10-16(11-9-15)7-5-4-6-14-13(17)12-18-2/h3-12H2,1-2H3,(H,14,17). The van der Waals surface area contributed by atoms with Crippen molar-refractivity contribution in [1.29, 1.82) is 0 Å². The second-order valence-electron chi connectivity index (χ2n) is 4.77. The Balaban J connectivity index is 1.94. The van der Waals surface area contributed by atoms with E-state index in [1.807, 2.05) is 0 Å². The predicted molar refractivity (Wildman–Crippen MR) is 72.7 cm³/mol. The van der Waals surface area contributed by atoms with Crippen LogP contribution in [0.2, 0.25) is 0 Å². The minimum Gasteiger partial charge on any atom is -0.375 e. The zero-order chi connectivity index (χ0) is 13.2. The lowest BCUT2D eigenvalue weighted by atomic mass is 10.2. The molecule has 1 aliphatic rings. The van der Waals surface area contributed by atoms with Crippen molar-refractivity contribution in [3.8, 4) is 0 Å². The third-order valence-electron chi connectivity index (χ3n) is 3.41. The van der Waals surface area contributed by atoms with E-state index in [2.05, 4.69) is 22.0 Å². The number of hydrogen-bond acceptors (Lipinski definition) is 4. The SMILES string of the molecule is CCN1CCN(CCCCNC(=O)COC)CC1. The van der Waals surface area contributed by atoms with E-state index in [1.165, 1.54) is 39.8 Å². The number of nitrogens with one attached hydrogen (secondary N) is 1. The highest BCUT2D eigenvalue weighted by Gasteiger charge is 2.14. The Hall–Kier alpha value is -0.650. The average molecular weight is 257 g/mol. The summed E-state index contributed by atoms with van der Waals surface area (Å²) in [7, 11) is 1.54. The molecule has 1 rings (SSSR count). The van der Waals surface area contributed by atoms with Crippen molar-refractivity contribution in [3.05, 3.63) is 0 Å². The van der Waals surface area contributed by atoms with E-state index < -0.39 is 0 Å². The number of likely N-dealkylation sites (N-methyl/N-ethyl adjacent to an activating group) is 1. The quantitative estimate of drug-likeness (QED) is 0.630. The zero-order valence-electron chi connectivity index (χ0n) is 11.8. The lowest BCUT2D eigenvalue weighted by Gasteiger charge is -2.33. The molecule has 106 valence electrons. The van der Waals surface area contributed by atoms with Crippen LogP contribution >= 0.6 is 0 Å². The van der Waals surface area contributed by atoms with Crippen molar-refractivity contribution in [1.82, 2.24) is 15.1 Å². The Morgan fingerprint density at radius 3 is 2.44 bits per heavy atom. The molecule has 0 saturated carbocycles. The summed E-state index contributed by atoms with van der Waals surface area (Å²) in [6.45, 7) is 10.2. The maximum atomic E-state index is 11.1. The number of nitrogens with zero attached hydrogens (tertiary/aromatic N) is 2. The maximum absolute atomic E-state index is 11.1. The number of carbonyl (C=O) groups is 1. The van der Waals surface area contributed by atoms with Gasteiger partial charge in [0, 0.05) is 39.8 Å². The van der Waals surface area contributed by atoms with Crippen molar-refractivity contribution in [3.63, 3.8) is 0 Å². The molecule has 0 atom stereocenters. The summed E-state index contributed by atoms with van der Waals surface area (Å²) in [4.78, 5) is 16.1. The Morgan fingerprint density at radius 1 is 1.17 bits per heavy atom. The van der Waals surface area contributed by atoms with Gasteiger partial charge in [-0.05, 0) is 25.9 Å². The van der Waals surface area contributed by atoms with E-state index in [0.717, 1.165) is 25.9 Å². The van der Waals surface area contributed by atoms with Crippen LogP contribution in [0.3, 0.4) is 0 Å². The van der Waals surface area contributed by atoms with Gasteiger partial charge in [0.15, 0.2) is 0 Å². The van der Waals surface area contributed by atoms with Gasteiger partial charge in [-0.3, -0.25) is 4.79 Å². The normalized spacial score (nSPS) is 17.9. The lowest BCUT2D eigenvalue weighted by molar-refractivity contribution is -0.124. The van der Waals surface area contributed by atoms with Crippen LogP contribution < -0.4 is 5.32 Å². The van der Waals surface area contributed by atoms with Gasteiger partial charge in [-0.1, -0.05) is 6.92 Å². The van der Waals surface area contributed by atoms with Gasteiger partial charge in [0.2, 0.25) is 5.91 Å². The van der Waals surface area contributed by atoms with Gasteiger partial charge in [-0.15, -0.1) is 0 Å². The van der Waals surface area contributed by atoms with E-state index in [9.17, 15) is 4.79 Å². The number of ether oxygens (including phenoxy) is 1. The molecule has 0 aromatic rings. The Kier molecular flexibility index (Phi) is 7.96. The van der Waals surface area contributed by atoms with Crippen molar-refractivity contribution >= 4 is 5.91 Å². The molecule has 18 heavy (non-hydrogen) atoms. The van der Waals surface area contributed by atoms with Gasteiger partial charge in [-0.2, -0.15) is 0 Å². The van der Waals surface area contributed by atoms with Crippen molar-refractivity contribution in [2.45, 2.75) is 19.8 Å². The first-order valence-electron chi connectivity index (χ1n) is 6.96. The van der Waals surface area contributed by atoms with Gasteiger partial charge in [0.25, 0.3) is 0 Å². The van der Waals surface area contributed by atoms with Gasteiger partial charge < -0.3 is 19.9 Å². The molecule has 0 aromatic heterocycles. The van der Waals surface area contributed by atoms with Crippen molar-refractivity contribution in [2.24, 2.45) is 0 Å². The van der Waals surface area contributed by atoms with Crippen molar-refractivity contribution < 1.29 is 9.53 Å². The predicted octanol–water partition coefficient (Wildman–Crippen LogP) is 0.167. The number of carbonyl (C=O) groups excluding carboxylic acids is 1. The summed E-state index contributed by atoms with van der Waals surface area (Å²) in [5.41, 5.74) is 0. The number of unbranched alkanes of at least 4 members (excludes halogenated alkanes) is 1. The van der Waals surface area contributed by atoms with Crippen LogP contribution in [0.15, 0.2) is 0 Å². The first kappa shape index (κ1) is 15.4. The summed E-state index contributed by atoms with van der Waals surface area (Å²) in [6.07, 6.45) is 2.20. The fraction of sp³-hybridized carbons (Fsp3) is 0.923. The molecule has 1 aliphatic heterocycles. The average Bonchev–Trinajstić information content (AvgIpc) is 2.39. The number of amides is 1. The third kappa shape index (κ3) is 6.33. The molecule has 1 fully saturated rings. The number of hydrogen-bond donors (Lipinski definition) is 1. The number of piperazine rings is 1. The highest BCUT2D eigenvalue weighted by molar-refractivity contribution is 5.77. The summed E-state index contributed by atoms with van der Waals surface area (Å²) in [5.74, 6) is -0.0194. The molecular weight excluding hydrogens is 230 g/mol. The van der Waals surface area contributed by atoms with E-state index in [0.29, 0.717) is 0 Å². The molecule has 0 aliphatic carbocycles. The van der Waals surface area contributed by atoms with Crippen LogP contribution in [0.4, 0.5) is 0 Å². The van der Waals surface area contributed by atoms with Crippen molar-refractivity contribution in [2.75, 3.05) is 59.5 Å². The third-order valence-corrected chi connectivity index (χ3v) is 3.41. The fourth-order valence-electron chi connectivity index (χ4n) is 2.20. The molecule has 1 saturated heterocycles. The molecule has 5 heteroatoms. The van der Waals surface area contributed by atoms with Crippen LogP contribution in [-0.2, 0) is 9.53 Å². The molecule has 1 N–H and O–H groups in total. The first-order chi connectivity index (χ1) is 8.76. The molecule has 0 radical (unpaired) electrons. The van der Waals surface area contributed by atoms with E-state index >= 15 is 0 Å². The molecule has 0 bridgehead atoms. The summed E-state index contributed by atoms with van der Waals surface area (Å²) in [5, 5.41) is 2.85. The largest absolute Gasteiger partial charge is 0.375 e. The molecule has 0 spiro atoms. The number of methoxy groups -OCH3 is 1. The Bertz CT molecular complexity index is 228. The second-order valence-corrected chi connectivity index (χ2v) is 4.77. The molecule has 0 unspecified atom stereocenters. The minimum absolute atomic E-state index is 0.0194. The summed E-state index contributed by atoms with van der Waals surface area (Å²) in [6, 6.07) is 0. The smallest absolute Gasteiger partial charge is 0.245 e. The monoisotopic (exact) mass is 257 g/mol. The molecular formula is C13H27N3O2.